The number of rotatable bonds is 3. The van der Waals surface area contributed by atoms with Gasteiger partial charge in [-0.3, -0.25) is 4.79 Å². The molecule has 0 bridgehead atoms. The highest BCUT2D eigenvalue weighted by molar-refractivity contribution is 5.67. The Hall–Kier alpha value is -0.810. The Bertz CT molecular complexity index is 197. The fourth-order valence-corrected chi connectivity index (χ4v) is 0.922. The zero-order chi connectivity index (χ0) is 10.9. The Morgan fingerprint density at radius 2 is 1.77 bits per heavy atom. The van der Waals surface area contributed by atoms with E-state index >= 15 is 0 Å². The molecule has 0 rings (SSSR count). The average molecular weight is 202 g/mol. The zero-order valence-corrected chi connectivity index (χ0v) is 7.15. The third-order valence-electron chi connectivity index (χ3n) is 1.58. The molecular weight excluding hydrogens is 192 g/mol. The van der Waals surface area contributed by atoms with Crippen molar-refractivity contribution < 1.29 is 27.5 Å². The molecule has 0 spiro atoms. The first-order valence-electron chi connectivity index (χ1n) is 3.50. The lowest BCUT2D eigenvalue weighted by molar-refractivity contribution is -0.210. The van der Waals surface area contributed by atoms with Gasteiger partial charge in [-0.2, -0.15) is 13.2 Å². The Kier molecular flexibility index (Phi) is 3.29. The van der Waals surface area contributed by atoms with Gasteiger partial charge in [-0.05, 0) is 0 Å². The number of hydrogen-bond acceptors (Lipinski definition) is 1. The van der Waals surface area contributed by atoms with E-state index in [0.717, 1.165) is 13.8 Å². The van der Waals surface area contributed by atoms with E-state index in [9.17, 15) is 22.4 Å². The van der Waals surface area contributed by atoms with E-state index in [-0.39, 0.29) is 0 Å². The Balaban J connectivity index is 4.54. The van der Waals surface area contributed by atoms with Crippen LogP contribution in [0.5, 0.6) is 0 Å². The largest absolute Gasteiger partial charge is 0.481 e. The van der Waals surface area contributed by atoms with Crippen LogP contribution in [0.1, 0.15) is 20.3 Å². The van der Waals surface area contributed by atoms with E-state index < -0.39 is 30.2 Å². The second-order valence-electron chi connectivity index (χ2n) is 3.46. The van der Waals surface area contributed by atoms with Gasteiger partial charge in [0.2, 0.25) is 6.17 Å². The molecule has 1 N–H and O–H groups in total. The summed E-state index contributed by atoms with van der Waals surface area (Å²) >= 11 is 0. The Morgan fingerprint density at radius 1 is 1.38 bits per heavy atom. The molecule has 0 heterocycles. The standard InChI is InChI=1S/C7H10F4O2/c1-6(2,3-4(12)13)5(8)7(9,10)11/h5H,3H2,1-2H3,(H,12,13). The van der Waals surface area contributed by atoms with Crippen LogP contribution in [-0.4, -0.2) is 23.4 Å². The molecule has 0 aromatic carbocycles. The molecule has 0 fully saturated rings. The molecule has 78 valence electrons. The lowest BCUT2D eigenvalue weighted by Crippen LogP contribution is -2.39. The van der Waals surface area contributed by atoms with Crippen molar-refractivity contribution in [1.29, 1.82) is 0 Å². The SMILES string of the molecule is CC(C)(CC(=O)O)C(F)C(F)(F)F. The van der Waals surface area contributed by atoms with Crippen LogP contribution < -0.4 is 0 Å². The molecule has 0 aromatic heterocycles. The maximum absolute atomic E-state index is 12.7. The summed E-state index contributed by atoms with van der Waals surface area (Å²) in [7, 11) is 0. The highest BCUT2D eigenvalue weighted by Gasteiger charge is 2.50. The van der Waals surface area contributed by atoms with Gasteiger partial charge in [0.15, 0.2) is 0 Å². The molecular formula is C7H10F4O2. The smallest absolute Gasteiger partial charge is 0.420 e. The quantitative estimate of drug-likeness (QED) is 0.713. The molecule has 1 unspecified atom stereocenters. The molecule has 0 aliphatic heterocycles. The van der Waals surface area contributed by atoms with E-state index in [1.54, 1.807) is 0 Å². The second kappa shape index (κ2) is 3.51. The predicted molar refractivity (Wildman–Crippen MR) is 37.0 cm³/mol. The van der Waals surface area contributed by atoms with Gasteiger partial charge in [-0.15, -0.1) is 0 Å². The number of carboxylic acids is 1. The molecule has 1 atom stereocenters. The van der Waals surface area contributed by atoms with Crippen LogP contribution in [0, 0.1) is 5.41 Å². The van der Waals surface area contributed by atoms with E-state index in [1.807, 2.05) is 0 Å². The van der Waals surface area contributed by atoms with E-state index in [1.165, 1.54) is 0 Å². The Labute approximate surface area is 72.5 Å². The molecule has 2 nitrogen and oxygen atoms in total. The highest BCUT2D eigenvalue weighted by atomic mass is 19.4. The first kappa shape index (κ1) is 12.2. The lowest BCUT2D eigenvalue weighted by Gasteiger charge is -2.28. The maximum Gasteiger partial charge on any atom is 0.420 e. The van der Waals surface area contributed by atoms with Crippen LogP contribution in [0.4, 0.5) is 17.6 Å². The van der Waals surface area contributed by atoms with Gasteiger partial charge in [0.1, 0.15) is 0 Å². The minimum absolute atomic E-state index is 0.853. The predicted octanol–water partition coefficient (Wildman–Crippen LogP) is 2.39. The summed E-state index contributed by atoms with van der Waals surface area (Å²) in [5.74, 6) is -1.45. The summed E-state index contributed by atoms with van der Waals surface area (Å²) in [4.78, 5) is 10.1. The van der Waals surface area contributed by atoms with Gasteiger partial charge in [-0.1, -0.05) is 13.8 Å². The normalized spacial score (nSPS) is 15.5. The van der Waals surface area contributed by atoms with Gasteiger partial charge < -0.3 is 5.11 Å². The first-order valence-corrected chi connectivity index (χ1v) is 3.50. The lowest BCUT2D eigenvalue weighted by atomic mass is 9.84. The van der Waals surface area contributed by atoms with Gasteiger partial charge in [-0.25, -0.2) is 4.39 Å². The summed E-state index contributed by atoms with van der Waals surface area (Å²) in [5, 5.41) is 8.23. The minimum Gasteiger partial charge on any atom is -0.481 e. The van der Waals surface area contributed by atoms with Crippen molar-refractivity contribution in [3.8, 4) is 0 Å². The van der Waals surface area contributed by atoms with Crippen molar-refractivity contribution >= 4 is 5.97 Å². The van der Waals surface area contributed by atoms with Crippen molar-refractivity contribution in [1.82, 2.24) is 0 Å². The summed E-state index contributed by atoms with van der Waals surface area (Å²) in [5.41, 5.74) is -1.93. The molecule has 0 saturated heterocycles. The Morgan fingerprint density at radius 3 is 2.00 bits per heavy atom. The van der Waals surface area contributed by atoms with Crippen molar-refractivity contribution in [3.05, 3.63) is 0 Å². The molecule has 0 amide bonds. The molecule has 0 saturated carbocycles. The average Bonchev–Trinajstić information content (AvgIpc) is 1.80. The van der Waals surface area contributed by atoms with Crippen molar-refractivity contribution in [2.24, 2.45) is 5.41 Å². The molecule has 6 heteroatoms. The second-order valence-corrected chi connectivity index (χ2v) is 3.46. The van der Waals surface area contributed by atoms with Crippen molar-refractivity contribution in [3.63, 3.8) is 0 Å². The number of carbonyl (C=O) groups is 1. The fourth-order valence-electron chi connectivity index (χ4n) is 0.922. The van der Waals surface area contributed by atoms with Crippen LogP contribution in [0.2, 0.25) is 0 Å². The maximum atomic E-state index is 12.7. The van der Waals surface area contributed by atoms with Crippen molar-refractivity contribution in [2.75, 3.05) is 0 Å². The number of aliphatic carboxylic acids is 1. The number of halogens is 4. The monoisotopic (exact) mass is 202 g/mol. The van der Waals surface area contributed by atoms with Crippen LogP contribution in [0.25, 0.3) is 0 Å². The van der Waals surface area contributed by atoms with Crippen LogP contribution in [-0.2, 0) is 4.79 Å². The van der Waals surface area contributed by atoms with Gasteiger partial charge in [0.25, 0.3) is 0 Å². The summed E-state index contributed by atoms with van der Waals surface area (Å²) < 4.78 is 48.1. The minimum atomic E-state index is -5.00. The van der Waals surface area contributed by atoms with Crippen LogP contribution >= 0.6 is 0 Å². The van der Waals surface area contributed by atoms with Crippen LogP contribution in [0.3, 0.4) is 0 Å². The molecule has 0 radical (unpaired) electrons. The van der Waals surface area contributed by atoms with Crippen molar-refractivity contribution in [2.45, 2.75) is 32.6 Å². The van der Waals surface area contributed by atoms with E-state index in [0.29, 0.717) is 0 Å². The van der Waals surface area contributed by atoms with Gasteiger partial charge >= 0.3 is 12.1 Å². The van der Waals surface area contributed by atoms with Gasteiger partial charge in [0.05, 0.1) is 6.42 Å². The molecule has 0 aliphatic carbocycles. The molecule has 13 heavy (non-hydrogen) atoms. The van der Waals surface area contributed by atoms with E-state index in [2.05, 4.69) is 0 Å². The highest BCUT2D eigenvalue weighted by Crippen LogP contribution is 2.38. The van der Waals surface area contributed by atoms with E-state index in [4.69, 9.17) is 5.11 Å². The summed E-state index contributed by atoms with van der Waals surface area (Å²) in [6.07, 6.45) is -8.97. The topological polar surface area (TPSA) is 37.3 Å². The molecule has 0 aromatic rings. The number of hydrogen-bond donors (Lipinski definition) is 1. The third kappa shape index (κ3) is 3.61. The zero-order valence-electron chi connectivity index (χ0n) is 7.15. The van der Waals surface area contributed by atoms with Gasteiger partial charge in [0, 0.05) is 5.41 Å². The number of carboxylic acid groups (broad SMARTS) is 1. The molecule has 0 aliphatic rings. The third-order valence-corrected chi connectivity index (χ3v) is 1.58. The summed E-state index contributed by atoms with van der Waals surface area (Å²) in [6.45, 7) is 1.86. The van der Waals surface area contributed by atoms with Crippen LogP contribution in [0.15, 0.2) is 0 Å². The summed E-state index contributed by atoms with van der Waals surface area (Å²) in [6, 6.07) is 0. The first-order chi connectivity index (χ1) is 5.57. The number of alkyl halides is 4. The fraction of sp³-hybridized carbons (Fsp3) is 0.857.